The Bertz CT molecular complexity index is 195. The van der Waals surface area contributed by atoms with Crippen LogP contribution in [0.15, 0.2) is 0 Å². The molecule has 2 heteroatoms. The number of rotatable bonds is 7. The highest BCUT2D eigenvalue weighted by atomic mass is 16.3. The van der Waals surface area contributed by atoms with E-state index in [2.05, 4.69) is 33.0 Å². The summed E-state index contributed by atoms with van der Waals surface area (Å²) in [6, 6.07) is 0. The molecule has 0 aromatic carbocycles. The number of aliphatic hydroxyl groups is 1. The average Bonchev–Trinajstić information content (AvgIpc) is 2.82. The Balaban J connectivity index is 2.18. The van der Waals surface area contributed by atoms with Crippen LogP contribution < -0.4 is 5.32 Å². The molecule has 1 aliphatic carbocycles. The van der Waals surface area contributed by atoms with Crippen molar-refractivity contribution in [2.75, 3.05) is 19.7 Å². The summed E-state index contributed by atoms with van der Waals surface area (Å²) in [6.45, 7) is 11.6. The molecule has 1 saturated carbocycles. The molecule has 2 N–H and O–H groups in total. The van der Waals surface area contributed by atoms with E-state index in [1.807, 2.05) is 0 Å². The van der Waals surface area contributed by atoms with Gasteiger partial charge in [-0.15, -0.1) is 0 Å². The van der Waals surface area contributed by atoms with Gasteiger partial charge in [0.05, 0.1) is 0 Å². The van der Waals surface area contributed by atoms with E-state index >= 15 is 0 Å². The fraction of sp³-hybridized carbons (Fsp3) is 1.00. The SMILES string of the molecule is CC(C)CC(C)(C)CNCC1(CO)CC1. The fourth-order valence-electron chi connectivity index (χ4n) is 2.41. The molecule has 1 rings (SSSR count). The highest BCUT2D eigenvalue weighted by molar-refractivity contribution is 4.94. The van der Waals surface area contributed by atoms with Gasteiger partial charge in [-0.25, -0.2) is 0 Å². The van der Waals surface area contributed by atoms with Gasteiger partial charge in [0.2, 0.25) is 0 Å². The van der Waals surface area contributed by atoms with Crippen LogP contribution in [-0.2, 0) is 0 Å². The van der Waals surface area contributed by atoms with Gasteiger partial charge in [0.25, 0.3) is 0 Å². The zero-order chi connectivity index (χ0) is 11.5. The lowest BCUT2D eigenvalue weighted by Gasteiger charge is -2.28. The quantitative estimate of drug-likeness (QED) is 0.681. The summed E-state index contributed by atoms with van der Waals surface area (Å²) in [7, 11) is 0. The molecule has 0 bridgehead atoms. The second-order valence-corrected chi connectivity index (χ2v) is 6.52. The van der Waals surface area contributed by atoms with E-state index in [1.165, 1.54) is 19.3 Å². The molecule has 1 fully saturated rings. The van der Waals surface area contributed by atoms with Crippen molar-refractivity contribution in [2.24, 2.45) is 16.7 Å². The largest absolute Gasteiger partial charge is 0.396 e. The lowest BCUT2D eigenvalue weighted by atomic mass is 9.84. The fourth-order valence-corrected chi connectivity index (χ4v) is 2.41. The van der Waals surface area contributed by atoms with Crippen molar-refractivity contribution in [2.45, 2.75) is 47.0 Å². The maximum Gasteiger partial charge on any atom is 0.0499 e. The minimum Gasteiger partial charge on any atom is -0.396 e. The van der Waals surface area contributed by atoms with Crippen LogP contribution in [0.1, 0.15) is 47.0 Å². The minimum absolute atomic E-state index is 0.244. The Kier molecular flexibility index (Phi) is 4.19. The number of nitrogens with one attached hydrogen (secondary N) is 1. The van der Waals surface area contributed by atoms with Crippen LogP contribution in [-0.4, -0.2) is 24.8 Å². The third-order valence-corrected chi connectivity index (χ3v) is 3.36. The molecule has 0 aromatic heterocycles. The van der Waals surface area contributed by atoms with Gasteiger partial charge in [0, 0.05) is 25.1 Å². The molecule has 0 unspecified atom stereocenters. The Morgan fingerprint density at radius 3 is 2.33 bits per heavy atom. The maximum absolute atomic E-state index is 9.19. The Labute approximate surface area is 94.5 Å². The van der Waals surface area contributed by atoms with E-state index in [-0.39, 0.29) is 5.41 Å². The lowest BCUT2D eigenvalue weighted by Crippen LogP contribution is -2.35. The van der Waals surface area contributed by atoms with Gasteiger partial charge in [-0.3, -0.25) is 0 Å². The highest BCUT2D eigenvalue weighted by Gasteiger charge is 2.41. The summed E-state index contributed by atoms with van der Waals surface area (Å²) in [5.41, 5.74) is 0.619. The number of aliphatic hydroxyl groups excluding tert-OH is 1. The first-order valence-corrected chi connectivity index (χ1v) is 6.21. The van der Waals surface area contributed by atoms with Gasteiger partial charge in [-0.2, -0.15) is 0 Å². The normalized spacial score (nSPS) is 19.6. The monoisotopic (exact) mass is 213 g/mol. The summed E-state index contributed by atoms with van der Waals surface area (Å²) < 4.78 is 0. The van der Waals surface area contributed by atoms with Gasteiger partial charge in [0.15, 0.2) is 0 Å². The molecular weight excluding hydrogens is 186 g/mol. The molecule has 1 aliphatic rings. The van der Waals surface area contributed by atoms with Crippen LogP contribution in [0.25, 0.3) is 0 Å². The third-order valence-electron chi connectivity index (χ3n) is 3.36. The molecule has 0 aromatic rings. The molecule has 0 heterocycles. The molecule has 15 heavy (non-hydrogen) atoms. The third kappa shape index (κ3) is 4.52. The summed E-state index contributed by atoms with van der Waals surface area (Å²) >= 11 is 0. The van der Waals surface area contributed by atoms with Crippen molar-refractivity contribution in [3.05, 3.63) is 0 Å². The number of hydrogen-bond acceptors (Lipinski definition) is 2. The Hall–Kier alpha value is -0.0800. The minimum atomic E-state index is 0.244. The van der Waals surface area contributed by atoms with E-state index in [9.17, 15) is 5.11 Å². The highest BCUT2D eigenvalue weighted by Crippen LogP contribution is 2.44. The molecule has 0 spiro atoms. The summed E-state index contributed by atoms with van der Waals surface area (Å²) in [6.07, 6.45) is 3.65. The van der Waals surface area contributed by atoms with Crippen LogP contribution in [0.2, 0.25) is 0 Å². The van der Waals surface area contributed by atoms with Gasteiger partial charge in [0.1, 0.15) is 0 Å². The van der Waals surface area contributed by atoms with Gasteiger partial charge >= 0.3 is 0 Å². The van der Waals surface area contributed by atoms with Crippen LogP contribution in [0.3, 0.4) is 0 Å². The van der Waals surface area contributed by atoms with Crippen molar-refractivity contribution in [1.82, 2.24) is 5.32 Å². The molecule has 2 nitrogen and oxygen atoms in total. The smallest absolute Gasteiger partial charge is 0.0499 e. The molecule has 0 amide bonds. The van der Waals surface area contributed by atoms with Crippen LogP contribution in [0, 0.1) is 16.7 Å². The van der Waals surface area contributed by atoms with Crippen molar-refractivity contribution < 1.29 is 5.11 Å². The van der Waals surface area contributed by atoms with Crippen molar-refractivity contribution in [3.8, 4) is 0 Å². The van der Waals surface area contributed by atoms with Gasteiger partial charge in [-0.05, 0) is 30.6 Å². The molecule has 0 atom stereocenters. The first kappa shape index (κ1) is 13.0. The standard InChI is InChI=1S/C13H27NO/c1-11(2)7-12(3,4)8-14-9-13(10-15)5-6-13/h11,14-15H,5-10H2,1-4H3. The second-order valence-electron chi connectivity index (χ2n) is 6.52. The average molecular weight is 213 g/mol. The zero-order valence-electron chi connectivity index (χ0n) is 10.8. The molecular formula is C13H27NO. The molecule has 0 aliphatic heterocycles. The van der Waals surface area contributed by atoms with E-state index in [0.29, 0.717) is 12.0 Å². The van der Waals surface area contributed by atoms with E-state index in [1.54, 1.807) is 0 Å². The Morgan fingerprint density at radius 1 is 1.33 bits per heavy atom. The van der Waals surface area contributed by atoms with Crippen molar-refractivity contribution >= 4 is 0 Å². The topological polar surface area (TPSA) is 32.3 Å². The van der Waals surface area contributed by atoms with Crippen LogP contribution >= 0.6 is 0 Å². The summed E-state index contributed by atoms with van der Waals surface area (Å²) in [4.78, 5) is 0. The molecule has 0 radical (unpaired) electrons. The van der Waals surface area contributed by atoms with Gasteiger partial charge in [-0.1, -0.05) is 27.7 Å². The van der Waals surface area contributed by atoms with E-state index < -0.39 is 0 Å². The summed E-state index contributed by atoms with van der Waals surface area (Å²) in [5.74, 6) is 0.759. The second kappa shape index (κ2) is 4.84. The lowest BCUT2D eigenvalue weighted by molar-refractivity contribution is 0.197. The van der Waals surface area contributed by atoms with E-state index in [0.717, 1.165) is 19.0 Å². The predicted octanol–water partition coefficient (Wildman–Crippen LogP) is 2.42. The number of hydrogen-bond donors (Lipinski definition) is 2. The first-order valence-electron chi connectivity index (χ1n) is 6.21. The molecule has 90 valence electrons. The first-order chi connectivity index (χ1) is 6.89. The maximum atomic E-state index is 9.19. The molecule has 0 saturated heterocycles. The predicted molar refractivity (Wildman–Crippen MR) is 64.9 cm³/mol. The van der Waals surface area contributed by atoms with Crippen LogP contribution in [0.4, 0.5) is 0 Å². The van der Waals surface area contributed by atoms with Crippen molar-refractivity contribution in [3.63, 3.8) is 0 Å². The van der Waals surface area contributed by atoms with Crippen molar-refractivity contribution in [1.29, 1.82) is 0 Å². The zero-order valence-corrected chi connectivity index (χ0v) is 10.8. The summed E-state index contributed by atoms with van der Waals surface area (Å²) in [5, 5.41) is 12.7. The Morgan fingerprint density at radius 2 is 1.93 bits per heavy atom. The van der Waals surface area contributed by atoms with Gasteiger partial charge < -0.3 is 10.4 Å². The van der Waals surface area contributed by atoms with E-state index in [4.69, 9.17) is 0 Å². The van der Waals surface area contributed by atoms with Crippen LogP contribution in [0.5, 0.6) is 0 Å².